The minimum Gasteiger partial charge on any atom is -0.330 e. The summed E-state index contributed by atoms with van der Waals surface area (Å²) in [7, 11) is -3.90. The molecule has 1 aliphatic heterocycles. The van der Waals surface area contributed by atoms with E-state index in [1.54, 1.807) is 0 Å². The number of rotatable bonds is 4. The van der Waals surface area contributed by atoms with E-state index in [4.69, 9.17) is 5.73 Å². The summed E-state index contributed by atoms with van der Waals surface area (Å²) in [6.07, 6.45) is 1.57. The molecule has 1 aromatic rings. The number of hydrogen-bond acceptors (Lipinski definition) is 3. The van der Waals surface area contributed by atoms with Gasteiger partial charge in [-0.05, 0) is 37.4 Å². The maximum Gasteiger partial charge on any atom is 0.301 e. The third-order valence-corrected chi connectivity index (χ3v) is 4.81. The molecule has 1 aromatic carbocycles. The molecule has 20 heavy (non-hydrogen) atoms. The van der Waals surface area contributed by atoms with Gasteiger partial charge in [-0.2, -0.15) is 12.7 Å². The molecule has 1 aliphatic rings. The van der Waals surface area contributed by atoms with E-state index in [2.05, 4.69) is 4.72 Å². The number of piperidine rings is 1. The Kier molecular flexibility index (Phi) is 4.56. The number of nitrogens with zero attached hydrogens (tertiary/aromatic N) is 1. The van der Waals surface area contributed by atoms with Gasteiger partial charge in [0, 0.05) is 19.2 Å². The van der Waals surface area contributed by atoms with E-state index < -0.39 is 21.8 Å². The Morgan fingerprint density at radius 2 is 2.15 bits per heavy atom. The van der Waals surface area contributed by atoms with Crippen LogP contribution < -0.4 is 10.5 Å². The lowest BCUT2D eigenvalue weighted by Gasteiger charge is -2.31. The van der Waals surface area contributed by atoms with Crippen molar-refractivity contribution >= 4 is 15.9 Å². The third-order valence-electron chi connectivity index (χ3n) is 3.32. The van der Waals surface area contributed by atoms with Crippen LogP contribution in [0, 0.1) is 17.6 Å². The van der Waals surface area contributed by atoms with Gasteiger partial charge in [0.15, 0.2) is 0 Å². The molecule has 2 rings (SSSR count). The van der Waals surface area contributed by atoms with Crippen molar-refractivity contribution in [1.29, 1.82) is 0 Å². The Morgan fingerprint density at radius 1 is 1.40 bits per heavy atom. The van der Waals surface area contributed by atoms with Crippen LogP contribution in [0.1, 0.15) is 12.8 Å². The van der Waals surface area contributed by atoms with Gasteiger partial charge in [-0.3, -0.25) is 4.72 Å². The number of anilines is 1. The summed E-state index contributed by atoms with van der Waals surface area (Å²) < 4.78 is 54.2. The molecule has 0 aromatic heterocycles. The van der Waals surface area contributed by atoms with Crippen LogP contribution in [0.2, 0.25) is 0 Å². The fourth-order valence-electron chi connectivity index (χ4n) is 2.22. The Hall–Kier alpha value is -1.25. The van der Waals surface area contributed by atoms with E-state index >= 15 is 0 Å². The topological polar surface area (TPSA) is 75.4 Å². The molecule has 1 unspecified atom stereocenters. The van der Waals surface area contributed by atoms with Crippen LogP contribution in [-0.4, -0.2) is 32.4 Å². The number of nitrogens with one attached hydrogen (secondary N) is 1. The molecular weight excluding hydrogens is 288 g/mol. The molecule has 8 heteroatoms. The molecule has 0 amide bonds. The zero-order valence-corrected chi connectivity index (χ0v) is 11.7. The molecule has 1 saturated heterocycles. The van der Waals surface area contributed by atoms with Gasteiger partial charge in [0.1, 0.15) is 11.6 Å². The quantitative estimate of drug-likeness (QED) is 0.880. The predicted molar refractivity (Wildman–Crippen MR) is 72.3 cm³/mol. The molecule has 0 saturated carbocycles. The smallest absolute Gasteiger partial charge is 0.301 e. The second-order valence-corrected chi connectivity index (χ2v) is 6.50. The minimum atomic E-state index is -3.90. The van der Waals surface area contributed by atoms with Gasteiger partial charge in [0.25, 0.3) is 0 Å². The Morgan fingerprint density at radius 3 is 2.85 bits per heavy atom. The molecule has 1 atom stereocenters. The molecule has 0 radical (unpaired) electrons. The van der Waals surface area contributed by atoms with E-state index in [-0.39, 0.29) is 11.6 Å². The van der Waals surface area contributed by atoms with Crippen LogP contribution in [0.5, 0.6) is 0 Å². The van der Waals surface area contributed by atoms with Crippen LogP contribution in [0.15, 0.2) is 18.2 Å². The van der Waals surface area contributed by atoms with E-state index in [0.717, 1.165) is 24.6 Å². The normalized spacial score (nSPS) is 20.9. The summed E-state index contributed by atoms with van der Waals surface area (Å²) in [4.78, 5) is 0. The zero-order chi connectivity index (χ0) is 14.8. The second kappa shape index (κ2) is 6.02. The first kappa shape index (κ1) is 15.1. The van der Waals surface area contributed by atoms with Gasteiger partial charge < -0.3 is 5.73 Å². The molecule has 5 nitrogen and oxygen atoms in total. The molecule has 3 N–H and O–H groups in total. The van der Waals surface area contributed by atoms with Gasteiger partial charge in [0.05, 0.1) is 5.69 Å². The number of hydrogen-bond donors (Lipinski definition) is 2. The van der Waals surface area contributed by atoms with Crippen molar-refractivity contribution < 1.29 is 17.2 Å². The summed E-state index contributed by atoms with van der Waals surface area (Å²) in [5.74, 6) is -1.43. The van der Waals surface area contributed by atoms with E-state index in [1.165, 1.54) is 4.31 Å². The lowest BCUT2D eigenvalue weighted by molar-refractivity contribution is 0.273. The largest absolute Gasteiger partial charge is 0.330 e. The van der Waals surface area contributed by atoms with Gasteiger partial charge >= 0.3 is 10.2 Å². The van der Waals surface area contributed by atoms with E-state index in [1.807, 2.05) is 0 Å². The van der Waals surface area contributed by atoms with Crippen molar-refractivity contribution in [2.24, 2.45) is 11.7 Å². The molecule has 1 fully saturated rings. The first-order valence-corrected chi connectivity index (χ1v) is 7.79. The van der Waals surface area contributed by atoms with Crippen molar-refractivity contribution in [1.82, 2.24) is 4.31 Å². The monoisotopic (exact) mass is 305 g/mol. The lowest BCUT2D eigenvalue weighted by Crippen LogP contribution is -2.44. The lowest BCUT2D eigenvalue weighted by atomic mass is 10.0. The highest BCUT2D eigenvalue weighted by Gasteiger charge is 2.28. The van der Waals surface area contributed by atoms with Crippen LogP contribution in [0.25, 0.3) is 0 Å². The SMILES string of the molecule is NCC1CCCN(S(=O)(=O)Nc2cc(F)ccc2F)C1. The maximum absolute atomic E-state index is 13.5. The first-order valence-electron chi connectivity index (χ1n) is 6.35. The average molecular weight is 305 g/mol. The summed E-state index contributed by atoms with van der Waals surface area (Å²) >= 11 is 0. The Labute approximate surface area is 116 Å². The Balaban J connectivity index is 2.16. The van der Waals surface area contributed by atoms with Gasteiger partial charge in [-0.25, -0.2) is 8.78 Å². The van der Waals surface area contributed by atoms with Gasteiger partial charge in [-0.1, -0.05) is 0 Å². The van der Waals surface area contributed by atoms with E-state index in [0.29, 0.717) is 26.1 Å². The summed E-state index contributed by atoms with van der Waals surface area (Å²) in [6.45, 7) is 1.05. The van der Waals surface area contributed by atoms with Gasteiger partial charge in [-0.15, -0.1) is 0 Å². The highest BCUT2D eigenvalue weighted by molar-refractivity contribution is 7.90. The first-order chi connectivity index (χ1) is 9.42. The van der Waals surface area contributed by atoms with Crippen molar-refractivity contribution in [2.75, 3.05) is 24.4 Å². The third kappa shape index (κ3) is 3.44. The Bertz CT molecular complexity index is 580. The van der Waals surface area contributed by atoms with E-state index in [9.17, 15) is 17.2 Å². The highest BCUT2D eigenvalue weighted by atomic mass is 32.2. The second-order valence-electron chi connectivity index (χ2n) is 4.83. The molecule has 0 bridgehead atoms. The summed E-state index contributed by atoms with van der Waals surface area (Å²) in [6, 6.07) is 2.63. The standard InChI is InChI=1S/C12H17F2N3O2S/c13-10-3-4-11(14)12(6-10)16-20(18,19)17-5-1-2-9(7-15)8-17/h3-4,6,9,16H,1-2,5,7-8,15H2. The predicted octanol–water partition coefficient (Wildman–Crippen LogP) is 1.29. The minimum absolute atomic E-state index is 0.0951. The average Bonchev–Trinajstić information content (AvgIpc) is 2.43. The molecule has 112 valence electrons. The van der Waals surface area contributed by atoms with Crippen molar-refractivity contribution in [3.63, 3.8) is 0 Å². The van der Waals surface area contributed by atoms with Crippen molar-refractivity contribution in [3.05, 3.63) is 29.8 Å². The van der Waals surface area contributed by atoms with Crippen LogP contribution >= 0.6 is 0 Å². The highest BCUT2D eigenvalue weighted by Crippen LogP contribution is 2.22. The van der Waals surface area contributed by atoms with Crippen LogP contribution in [-0.2, 0) is 10.2 Å². The van der Waals surface area contributed by atoms with Gasteiger partial charge in [0.2, 0.25) is 0 Å². The zero-order valence-electron chi connectivity index (χ0n) is 10.9. The molecule has 1 heterocycles. The molecule has 0 spiro atoms. The maximum atomic E-state index is 13.5. The summed E-state index contributed by atoms with van der Waals surface area (Å²) in [5.41, 5.74) is 5.16. The fraction of sp³-hybridized carbons (Fsp3) is 0.500. The van der Waals surface area contributed by atoms with Crippen LogP contribution in [0.4, 0.5) is 14.5 Å². The molecule has 0 aliphatic carbocycles. The number of halogens is 2. The number of nitrogens with two attached hydrogens (primary N) is 1. The van der Waals surface area contributed by atoms with Crippen molar-refractivity contribution in [2.45, 2.75) is 12.8 Å². The fourth-order valence-corrected chi connectivity index (χ4v) is 3.56. The summed E-state index contributed by atoms with van der Waals surface area (Å²) in [5, 5.41) is 0. The number of benzene rings is 1. The van der Waals surface area contributed by atoms with Crippen LogP contribution in [0.3, 0.4) is 0 Å². The molecular formula is C12H17F2N3O2S. The van der Waals surface area contributed by atoms with Crippen molar-refractivity contribution in [3.8, 4) is 0 Å².